The van der Waals surface area contributed by atoms with Crippen LogP contribution in [0.5, 0.6) is 11.5 Å². The minimum absolute atomic E-state index is 0.0975. The number of nitrogens with zero attached hydrogens (tertiary/aromatic N) is 1. The van der Waals surface area contributed by atoms with E-state index in [0.717, 1.165) is 6.42 Å². The third-order valence-electron chi connectivity index (χ3n) is 4.80. The number of ether oxygens (including phenoxy) is 2. The molecule has 150 valence electrons. The molecule has 0 bridgehead atoms. The van der Waals surface area contributed by atoms with Crippen LogP contribution in [-0.4, -0.2) is 51.9 Å². The van der Waals surface area contributed by atoms with E-state index in [1.54, 1.807) is 53.4 Å². The van der Waals surface area contributed by atoms with Crippen LogP contribution in [0.4, 0.5) is 10.5 Å². The van der Waals surface area contributed by atoms with Gasteiger partial charge in [0.2, 0.25) is 0 Å². The van der Waals surface area contributed by atoms with Crippen molar-refractivity contribution < 1.29 is 22.7 Å². The summed E-state index contributed by atoms with van der Waals surface area (Å²) < 4.78 is 36.0. The second-order valence-electron chi connectivity index (χ2n) is 6.56. The molecule has 0 saturated carbocycles. The summed E-state index contributed by atoms with van der Waals surface area (Å²) in [5, 5.41) is 2.82. The van der Waals surface area contributed by atoms with Crippen LogP contribution in [-0.2, 0) is 9.84 Å². The number of benzene rings is 2. The maximum Gasteiger partial charge on any atom is 0.322 e. The Bertz CT molecular complexity index is 931. The fourth-order valence-electron chi connectivity index (χ4n) is 3.43. The molecule has 2 amide bonds. The molecule has 0 aromatic heterocycles. The number of methoxy groups -OCH3 is 2. The summed E-state index contributed by atoms with van der Waals surface area (Å²) in [5.41, 5.74) is 0.475. The molecule has 28 heavy (non-hydrogen) atoms. The van der Waals surface area contributed by atoms with E-state index < -0.39 is 9.84 Å². The SMILES string of the molecule is COc1cccc(NC(=O)N2CCCC2CS(=O)(=O)c2ccccc2)c1OC. The molecule has 2 aromatic carbocycles. The van der Waals surface area contributed by atoms with E-state index in [2.05, 4.69) is 5.32 Å². The predicted octanol–water partition coefficient (Wildman–Crippen LogP) is 3.17. The zero-order valence-corrected chi connectivity index (χ0v) is 16.7. The number of anilines is 1. The van der Waals surface area contributed by atoms with E-state index in [9.17, 15) is 13.2 Å². The van der Waals surface area contributed by atoms with Crippen LogP contribution in [0, 0.1) is 0 Å². The molecule has 7 nitrogen and oxygen atoms in total. The molecule has 1 unspecified atom stereocenters. The van der Waals surface area contributed by atoms with Crippen molar-refractivity contribution in [3.8, 4) is 11.5 Å². The minimum atomic E-state index is -3.47. The first-order chi connectivity index (χ1) is 13.5. The van der Waals surface area contributed by atoms with E-state index in [1.165, 1.54) is 14.2 Å². The highest BCUT2D eigenvalue weighted by molar-refractivity contribution is 7.91. The summed E-state index contributed by atoms with van der Waals surface area (Å²) in [4.78, 5) is 14.7. The van der Waals surface area contributed by atoms with Crippen LogP contribution in [0.25, 0.3) is 0 Å². The first kappa shape index (κ1) is 20.0. The molecule has 1 N–H and O–H groups in total. The van der Waals surface area contributed by atoms with E-state index in [0.29, 0.717) is 30.2 Å². The van der Waals surface area contributed by atoms with Crippen molar-refractivity contribution in [3.05, 3.63) is 48.5 Å². The van der Waals surface area contributed by atoms with Crippen LogP contribution in [0.2, 0.25) is 0 Å². The first-order valence-electron chi connectivity index (χ1n) is 9.02. The minimum Gasteiger partial charge on any atom is -0.493 e. The van der Waals surface area contributed by atoms with Crippen molar-refractivity contribution in [3.63, 3.8) is 0 Å². The highest BCUT2D eigenvalue weighted by Crippen LogP contribution is 2.35. The van der Waals surface area contributed by atoms with Crippen LogP contribution in [0.15, 0.2) is 53.4 Å². The van der Waals surface area contributed by atoms with Crippen LogP contribution in [0.1, 0.15) is 12.8 Å². The van der Waals surface area contributed by atoms with Crippen LogP contribution >= 0.6 is 0 Å². The van der Waals surface area contributed by atoms with Gasteiger partial charge in [-0.2, -0.15) is 0 Å². The number of hydrogen-bond acceptors (Lipinski definition) is 5. The Hall–Kier alpha value is -2.74. The van der Waals surface area contributed by atoms with Crippen LogP contribution in [0.3, 0.4) is 0 Å². The Labute approximate surface area is 165 Å². The maximum atomic E-state index is 12.8. The summed E-state index contributed by atoms with van der Waals surface area (Å²) >= 11 is 0. The van der Waals surface area contributed by atoms with Gasteiger partial charge >= 0.3 is 6.03 Å². The molecule has 1 saturated heterocycles. The van der Waals surface area contributed by atoms with Gasteiger partial charge in [0.25, 0.3) is 0 Å². The smallest absolute Gasteiger partial charge is 0.322 e. The molecule has 0 radical (unpaired) electrons. The van der Waals surface area contributed by atoms with Crippen LogP contribution < -0.4 is 14.8 Å². The van der Waals surface area contributed by atoms with Gasteiger partial charge in [0.15, 0.2) is 21.3 Å². The summed E-state index contributed by atoms with van der Waals surface area (Å²) in [7, 11) is -0.452. The topological polar surface area (TPSA) is 84.9 Å². The van der Waals surface area contributed by atoms with Crippen molar-refractivity contribution >= 4 is 21.6 Å². The van der Waals surface area contributed by atoms with Gasteiger partial charge in [-0.15, -0.1) is 0 Å². The number of sulfone groups is 1. The lowest BCUT2D eigenvalue weighted by Gasteiger charge is -2.25. The number of likely N-dealkylation sites (tertiary alicyclic amines) is 1. The van der Waals surface area contributed by atoms with Crippen molar-refractivity contribution in [2.24, 2.45) is 0 Å². The molecule has 0 spiro atoms. The Morgan fingerprint density at radius 3 is 2.54 bits per heavy atom. The zero-order chi connectivity index (χ0) is 20.1. The van der Waals surface area contributed by atoms with Gasteiger partial charge in [0.05, 0.1) is 30.6 Å². The quantitative estimate of drug-likeness (QED) is 0.799. The molecule has 8 heteroatoms. The standard InChI is InChI=1S/C20H24N2O5S/c1-26-18-12-6-11-17(19(18)27-2)21-20(23)22-13-7-8-15(22)14-28(24,25)16-9-4-3-5-10-16/h3-6,9-12,15H,7-8,13-14H2,1-2H3,(H,21,23). The fourth-order valence-corrected chi connectivity index (χ4v) is 5.04. The monoisotopic (exact) mass is 404 g/mol. The van der Waals surface area contributed by atoms with Gasteiger partial charge in [0.1, 0.15) is 0 Å². The van der Waals surface area contributed by atoms with E-state index in [-0.39, 0.29) is 22.7 Å². The molecule has 0 aliphatic carbocycles. The Morgan fingerprint density at radius 2 is 1.86 bits per heavy atom. The molecule has 1 atom stereocenters. The Kier molecular flexibility index (Phi) is 6.08. The summed E-state index contributed by atoms with van der Waals surface area (Å²) in [6.45, 7) is 0.507. The van der Waals surface area contributed by atoms with E-state index >= 15 is 0 Å². The molecule has 1 fully saturated rings. The number of hydrogen-bond donors (Lipinski definition) is 1. The maximum absolute atomic E-state index is 12.8. The number of urea groups is 1. The lowest BCUT2D eigenvalue weighted by Crippen LogP contribution is -2.42. The largest absolute Gasteiger partial charge is 0.493 e. The summed E-state index contributed by atoms with van der Waals surface area (Å²) in [6.07, 6.45) is 1.41. The van der Waals surface area contributed by atoms with Crippen molar-refractivity contribution in [2.75, 3.05) is 31.8 Å². The average Bonchev–Trinajstić information content (AvgIpc) is 3.16. The molecular weight excluding hydrogens is 380 g/mol. The number of amides is 2. The molecule has 3 rings (SSSR count). The summed E-state index contributed by atoms with van der Waals surface area (Å²) in [5.74, 6) is 0.829. The third kappa shape index (κ3) is 4.22. The van der Waals surface area contributed by atoms with Gasteiger partial charge in [-0.25, -0.2) is 13.2 Å². The number of carbonyl (C=O) groups excluding carboxylic acids is 1. The summed E-state index contributed by atoms with van der Waals surface area (Å²) in [6, 6.07) is 12.8. The number of rotatable bonds is 6. The lowest BCUT2D eigenvalue weighted by atomic mass is 10.2. The van der Waals surface area contributed by atoms with Crippen molar-refractivity contribution in [1.82, 2.24) is 4.90 Å². The number of nitrogens with one attached hydrogen (secondary N) is 1. The molecule has 2 aromatic rings. The van der Waals surface area contributed by atoms with Gasteiger partial charge in [-0.05, 0) is 37.1 Å². The van der Waals surface area contributed by atoms with Gasteiger partial charge in [-0.1, -0.05) is 24.3 Å². The van der Waals surface area contributed by atoms with E-state index in [1.807, 2.05) is 0 Å². The highest BCUT2D eigenvalue weighted by Gasteiger charge is 2.33. The van der Waals surface area contributed by atoms with Gasteiger partial charge < -0.3 is 19.7 Å². The van der Waals surface area contributed by atoms with Gasteiger partial charge in [0, 0.05) is 12.6 Å². The zero-order valence-electron chi connectivity index (χ0n) is 15.9. The van der Waals surface area contributed by atoms with Crippen molar-refractivity contribution in [1.29, 1.82) is 0 Å². The molecular formula is C20H24N2O5S. The second-order valence-corrected chi connectivity index (χ2v) is 8.59. The average molecular weight is 404 g/mol. The van der Waals surface area contributed by atoms with Crippen molar-refractivity contribution in [2.45, 2.75) is 23.8 Å². The first-order valence-corrected chi connectivity index (χ1v) is 10.7. The number of para-hydroxylation sites is 1. The second kappa shape index (κ2) is 8.52. The highest BCUT2D eigenvalue weighted by atomic mass is 32.2. The fraction of sp³-hybridized carbons (Fsp3) is 0.350. The van der Waals surface area contributed by atoms with Gasteiger partial charge in [-0.3, -0.25) is 0 Å². The molecule has 1 heterocycles. The number of carbonyl (C=O) groups is 1. The Balaban J connectivity index is 1.75. The normalized spacial score (nSPS) is 16.6. The predicted molar refractivity (Wildman–Crippen MR) is 107 cm³/mol. The Morgan fingerprint density at radius 1 is 1.11 bits per heavy atom. The third-order valence-corrected chi connectivity index (χ3v) is 6.61. The lowest BCUT2D eigenvalue weighted by molar-refractivity contribution is 0.210. The molecule has 1 aliphatic heterocycles. The van der Waals surface area contributed by atoms with E-state index in [4.69, 9.17) is 9.47 Å². The molecule has 1 aliphatic rings.